The van der Waals surface area contributed by atoms with Crippen molar-refractivity contribution in [3.63, 3.8) is 0 Å². The van der Waals surface area contributed by atoms with Gasteiger partial charge in [-0.25, -0.2) is 4.79 Å². The van der Waals surface area contributed by atoms with Gasteiger partial charge >= 0.3 is 5.97 Å². The van der Waals surface area contributed by atoms with Gasteiger partial charge in [-0.3, -0.25) is 9.59 Å². The lowest BCUT2D eigenvalue weighted by Crippen LogP contribution is -2.43. The van der Waals surface area contributed by atoms with E-state index in [1.165, 1.54) is 6.26 Å². The molecule has 0 aromatic heterocycles. The molecule has 1 heterocycles. The maximum atomic E-state index is 13.7. The van der Waals surface area contributed by atoms with Crippen LogP contribution in [-0.2, 0) is 36.1 Å². The Labute approximate surface area is 301 Å². The van der Waals surface area contributed by atoms with E-state index in [2.05, 4.69) is 10.6 Å². The maximum Gasteiger partial charge on any atom is 0.338 e. The van der Waals surface area contributed by atoms with Gasteiger partial charge < -0.3 is 39.8 Å². The van der Waals surface area contributed by atoms with E-state index >= 15 is 0 Å². The monoisotopic (exact) mass is 704 g/mol. The van der Waals surface area contributed by atoms with Crippen molar-refractivity contribution in [2.75, 3.05) is 26.4 Å². The fourth-order valence-corrected chi connectivity index (χ4v) is 6.16. The van der Waals surface area contributed by atoms with Gasteiger partial charge in [-0.1, -0.05) is 84.9 Å². The number of rotatable bonds is 14. The highest BCUT2D eigenvalue weighted by atomic mass is 16.8. The lowest BCUT2D eigenvalue weighted by Gasteiger charge is -2.31. The number of hydrogen-bond donors (Lipinski definition) is 4. The fourth-order valence-electron chi connectivity index (χ4n) is 6.16. The van der Waals surface area contributed by atoms with Crippen molar-refractivity contribution in [1.29, 1.82) is 0 Å². The Balaban J connectivity index is 1.25. The Morgan fingerprint density at radius 3 is 2.17 bits per heavy atom. The van der Waals surface area contributed by atoms with Crippen LogP contribution in [0.4, 0.5) is 0 Å². The number of carbonyl (C=O) groups is 3. The highest BCUT2D eigenvalue weighted by Crippen LogP contribution is 2.47. The van der Waals surface area contributed by atoms with Crippen LogP contribution in [0.15, 0.2) is 127 Å². The average molecular weight is 705 g/mol. The summed E-state index contributed by atoms with van der Waals surface area (Å²) in [5, 5.41) is 23.5. The number of fused-ring (bicyclic) bond motifs is 1. The molecule has 0 saturated carbocycles. The number of nitrogens with one attached hydrogen (secondary N) is 2. The molecule has 0 radical (unpaired) electrons. The number of amides is 2. The molecule has 6 rings (SSSR count). The summed E-state index contributed by atoms with van der Waals surface area (Å²) in [6.45, 7) is 0.182. The first-order chi connectivity index (χ1) is 25.4. The Morgan fingerprint density at radius 2 is 1.50 bits per heavy atom. The van der Waals surface area contributed by atoms with Gasteiger partial charge in [0, 0.05) is 41.8 Å². The molecule has 3 unspecified atom stereocenters. The van der Waals surface area contributed by atoms with Crippen LogP contribution in [-0.4, -0.2) is 72.7 Å². The zero-order valence-electron chi connectivity index (χ0n) is 28.4. The molecular formula is C41H40N2O9. The summed E-state index contributed by atoms with van der Waals surface area (Å²) < 4.78 is 24.9. The zero-order valence-corrected chi connectivity index (χ0v) is 28.4. The van der Waals surface area contributed by atoms with Gasteiger partial charge in [-0.05, 0) is 47.5 Å². The number of aliphatic hydroxyl groups is 2. The second-order valence-corrected chi connectivity index (χ2v) is 12.2. The maximum absolute atomic E-state index is 13.7. The predicted molar refractivity (Wildman–Crippen MR) is 192 cm³/mol. The molecule has 11 nitrogen and oxygen atoms in total. The fraction of sp³-hybridized carbons (Fsp3) is 0.244. The third-order valence-corrected chi connectivity index (χ3v) is 8.69. The van der Waals surface area contributed by atoms with E-state index in [0.29, 0.717) is 22.3 Å². The van der Waals surface area contributed by atoms with Crippen LogP contribution < -0.4 is 10.6 Å². The van der Waals surface area contributed by atoms with Gasteiger partial charge in [-0.2, -0.15) is 0 Å². The van der Waals surface area contributed by atoms with Crippen molar-refractivity contribution in [1.82, 2.24) is 10.6 Å². The van der Waals surface area contributed by atoms with E-state index in [0.717, 1.165) is 16.7 Å². The standard InChI is InChI=1S/C41H40N2O9/c44-20-19-42-38(46)31-9-7-8-29(24-31)27-43-39(47)32-25-35(50-40(48)30-16-14-28(15-17-30)18-22-49-23-21-45)37-36(26-32)51-41(52-37,33-10-3-1-4-11-33)34-12-5-2-6-13-34/h1-18,22,24,26,35-37,44-45H,19-21,23,25,27H2,(H,42,46)(H,43,47). The summed E-state index contributed by atoms with van der Waals surface area (Å²) in [4.78, 5) is 39.7. The first-order valence-electron chi connectivity index (χ1n) is 17.0. The van der Waals surface area contributed by atoms with E-state index in [1.54, 1.807) is 60.7 Å². The van der Waals surface area contributed by atoms with Gasteiger partial charge in [0.05, 0.1) is 25.0 Å². The Bertz CT molecular complexity index is 1860. The summed E-state index contributed by atoms with van der Waals surface area (Å²) in [6.07, 6.45) is 2.59. The minimum absolute atomic E-state index is 0.0639. The van der Waals surface area contributed by atoms with E-state index in [-0.39, 0.29) is 51.1 Å². The van der Waals surface area contributed by atoms with Crippen molar-refractivity contribution in [3.8, 4) is 0 Å². The van der Waals surface area contributed by atoms with Gasteiger partial charge in [0.15, 0.2) is 0 Å². The summed E-state index contributed by atoms with van der Waals surface area (Å²) >= 11 is 0. The van der Waals surface area contributed by atoms with Gasteiger partial charge in [-0.15, -0.1) is 0 Å². The molecule has 2 aliphatic rings. The predicted octanol–water partition coefficient (Wildman–Crippen LogP) is 4.25. The smallest absolute Gasteiger partial charge is 0.338 e. The summed E-state index contributed by atoms with van der Waals surface area (Å²) in [6, 6.07) is 32.6. The lowest BCUT2D eigenvalue weighted by molar-refractivity contribution is -0.157. The molecule has 2 amide bonds. The van der Waals surface area contributed by atoms with Crippen molar-refractivity contribution < 1.29 is 43.5 Å². The van der Waals surface area contributed by atoms with Crippen LogP contribution in [0.2, 0.25) is 0 Å². The Hall–Kier alpha value is -5.59. The number of benzene rings is 4. The molecule has 1 fully saturated rings. The van der Waals surface area contributed by atoms with Crippen LogP contribution in [0, 0.1) is 0 Å². The minimum Gasteiger partial charge on any atom is -0.499 e. The van der Waals surface area contributed by atoms with Crippen molar-refractivity contribution in [2.24, 2.45) is 0 Å². The molecule has 268 valence electrons. The lowest BCUT2D eigenvalue weighted by atomic mass is 9.91. The van der Waals surface area contributed by atoms with E-state index < -0.39 is 30.1 Å². The third-order valence-electron chi connectivity index (χ3n) is 8.69. The largest absolute Gasteiger partial charge is 0.499 e. The van der Waals surface area contributed by atoms with Gasteiger partial charge in [0.1, 0.15) is 24.9 Å². The minimum atomic E-state index is -1.34. The Morgan fingerprint density at radius 1 is 0.788 bits per heavy atom. The SMILES string of the molecule is O=C(NCc1cccc(C(=O)NCCO)c1)C1=CC2OC(c3ccccc3)(c3ccccc3)OC2C(OC(=O)c2ccc(C=COCCO)cc2)C1. The van der Waals surface area contributed by atoms with Crippen molar-refractivity contribution >= 4 is 23.9 Å². The molecule has 1 saturated heterocycles. The number of carbonyl (C=O) groups excluding carboxylic acids is 3. The van der Waals surface area contributed by atoms with Crippen LogP contribution in [0.1, 0.15) is 49.4 Å². The molecule has 11 heteroatoms. The van der Waals surface area contributed by atoms with E-state index in [4.69, 9.17) is 29.2 Å². The molecule has 4 aromatic carbocycles. The molecular weight excluding hydrogens is 664 g/mol. The molecule has 0 spiro atoms. The van der Waals surface area contributed by atoms with Crippen LogP contribution in [0.25, 0.3) is 6.08 Å². The number of aliphatic hydroxyl groups excluding tert-OH is 2. The highest BCUT2D eigenvalue weighted by Gasteiger charge is 2.55. The number of ether oxygens (including phenoxy) is 4. The van der Waals surface area contributed by atoms with Crippen LogP contribution in [0.3, 0.4) is 0 Å². The molecule has 4 N–H and O–H groups in total. The first kappa shape index (κ1) is 36.2. The quantitative estimate of drug-likeness (QED) is 0.0858. The van der Waals surface area contributed by atoms with E-state index in [9.17, 15) is 14.4 Å². The molecule has 4 aromatic rings. The second-order valence-electron chi connectivity index (χ2n) is 12.2. The summed E-state index contributed by atoms with van der Waals surface area (Å²) in [5.41, 5.74) is 4.05. The molecule has 3 atom stereocenters. The first-order valence-corrected chi connectivity index (χ1v) is 17.0. The normalized spacial score (nSPS) is 19.0. The van der Waals surface area contributed by atoms with Crippen LogP contribution >= 0.6 is 0 Å². The highest BCUT2D eigenvalue weighted by molar-refractivity contribution is 5.95. The molecule has 1 aliphatic carbocycles. The number of esters is 1. The molecule has 52 heavy (non-hydrogen) atoms. The summed E-state index contributed by atoms with van der Waals surface area (Å²) in [5.74, 6) is -2.64. The van der Waals surface area contributed by atoms with Gasteiger partial charge in [0.2, 0.25) is 11.7 Å². The average Bonchev–Trinajstić information content (AvgIpc) is 3.60. The summed E-state index contributed by atoms with van der Waals surface area (Å²) in [7, 11) is 0. The van der Waals surface area contributed by atoms with Gasteiger partial charge in [0.25, 0.3) is 5.91 Å². The molecule has 1 aliphatic heterocycles. The third kappa shape index (κ3) is 8.47. The zero-order chi connectivity index (χ0) is 36.3. The Kier molecular flexibility index (Phi) is 11.9. The second kappa shape index (κ2) is 17.1. The van der Waals surface area contributed by atoms with E-state index in [1.807, 2.05) is 60.7 Å². The van der Waals surface area contributed by atoms with Crippen LogP contribution in [0.5, 0.6) is 0 Å². The number of hydrogen-bond acceptors (Lipinski definition) is 9. The van der Waals surface area contributed by atoms with Crippen molar-refractivity contribution in [3.05, 3.63) is 160 Å². The molecule has 0 bridgehead atoms. The van der Waals surface area contributed by atoms with Crippen molar-refractivity contribution in [2.45, 2.75) is 37.1 Å². The topological polar surface area (TPSA) is 153 Å².